The van der Waals surface area contributed by atoms with Gasteiger partial charge in [0.15, 0.2) is 0 Å². The van der Waals surface area contributed by atoms with E-state index in [1.165, 1.54) is 0 Å². The summed E-state index contributed by atoms with van der Waals surface area (Å²) in [6, 6.07) is 4.87. The number of rotatable bonds is 3. The molecule has 1 fully saturated rings. The van der Waals surface area contributed by atoms with Gasteiger partial charge in [-0.3, -0.25) is 9.59 Å². The number of hydrogen-bond donors (Lipinski definition) is 2. The van der Waals surface area contributed by atoms with E-state index in [2.05, 4.69) is 5.32 Å². The van der Waals surface area contributed by atoms with Crippen LogP contribution in [0.5, 0.6) is 0 Å². The minimum Gasteiger partial charge on any atom is -0.481 e. The van der Waals surface area contributed by atoms with Crippen molar-refractivity contribution < 1.29 is 14.7 Å². The van der Waals surface area contributed by atoms with Crippen LogP contribution in [0.3, 0.4) is 0 Å². The van der Waals surface area contributed by atoms with Crippen molar-refractivity contribution in [3.63, 3.8) is 0 Å². The maximum atomic E-state index is 12.4. The summed E-state index contributed by atoms with van der Waals surface area (Å²) in [4.78, 5) is 23.8. The molecule has 1 amide bonds. The summed E-state index contributed by atoms with van der Waals surface area (Å²) < 4.78 is 0. The van der Waals surface area contributed by atoms with Crippen LogP contribution in [0.4, 0.5) is 0 Å². The Morgan fingerprint density at radius 1 is 1.24 bits per heavy atom. The number of aliphatic carboxylic acids is 1. The smallest absolute Gasteiger partial charge is 0.308 e. The Bertz CT molecular complexity index is 544. The molecule has 2 atom stereocenters. The predicted octanol–water partition coefficient (Wildman–Crippen LogP) is 3.41. The largest absolute Gasteiger partial charge is 0.481 e. The third kappa shape index (κ3) is 3.76. The van der Waals surface area contributed by atoms with Crippen LogP contribution in [0.2, 0.25) is 5.02 Å². The second-order valence-corrected chi connectivity index (χ2v) is 5.98. The van der Waals surface area contributed by atoms with E-state index in [1.54, 1.807) is 25.1 Å². The molecule has 5 heteroatoms. The highest BCUT2D eigenvalue weighted by molar-refractivity contribution is 6.31. The van der Waals surface area contributed by atoms with Crippen LogP contribution in [0, 0.1) is 12.8 Å². The van der Waals surface area contributed by atoms with Crippen molar-refractivity contribution in [2.24, 2.45) is 5.92 Å². The van der Waals surface area contributed by atoms with E-state index in [9.17, 15) is 14.7 Å². The van der Waals surface area contributed by atoms with Gasteiger partial charge in [0.05, 0.1) is 5.92 Å². The Labute approximate surface area is 129 Å². The van der Waals surface area contributed by atoms with Gasteiger partial charge < -0.3 is 10.4 Å². The van der Waals surface area contributed by atoms with Gasteiger partial charge in [0.2, 0.25) is 0 Å². The van der Waals surface area contributed by atoms with E-state index in [-0.39, 0.29) is 11.9 Å². The molecule has 1 aliphatic carbocycles. The highest BCUT2D eigenvalue weighted by Gasteiger charge is 2.31. The van der Waals surface area contributed by atoms with Crippen molar-refractivity contribution in [3.8, 4) is 0 Å². The summed E-state index contributed by atoms with van der Waals surface area (Å²) in [6.07, 6.45) is 4.20. The molecular formula is C16H20ClNO3. The summed E-state index contributed by atoms with van der Waals surface area (Å²) >= 11 is 6.03. The number of carboxylic acids is 1. The minimum absolute atomic E-state index is 0.242. The topological polar surface area (TPSA) is 66.4 Å². The average Bonchev–Trinajstić information content (AvgIpc) is 2.67. The Hall–Kier alpha value is -1.55. The molecule has 0 radical (unpaired) electrons. The van der Waals surface area contributed by atoms with Crippen molar-refractivity contribution in [1.29, 1.82) is 0 Å². The molecule has 0 aliphatic heterocycles. The lowest BCUT2D eigenvalue weighted by atomic mass is 9.94. The van der Waals surface area contributed by atoms with Crippen LogP contribution in [-0.2, 0) is 4.79 Å². The van der Waals surface area contributed by atoms with Crippen molar-refractivity contribution in [2.45, 2.75) is 45.1 Å². The molecule has 1 aromatic rings. The number of amides is 1. The molecule has 0 unspecified atom stereocenters. The highest BCUT2D eigenvalue weighted by atomic mass is 35.5. The highest BCUT2D eigenvalue weighted by Crippen LogP contribution is 2.25. The summed E-state index contributed by atoms with van der Waals surface area (Å²) in [5.74, 6) is -1.57. The summed E-state index contributed by atoms with van der Waals surface area (Å²) in [5.41, 5.74) is 1.23. The minimum atomic E-state index is -0.829. The first kappa shape index (κ1) is 15.8. The molecule has 1 aliphatic rings. The average molecular weight is 310 g/mol. The molecule has 0 saturated heterocycles. The van der Waals surface area contributed by atoms with Gasteiger partial charge in [-0.1, -0.05) is 36.9 Å². The molecular weight excluding hydrogens is 290 g/mol. The molecule has 2 rings (SSSR count). The van der Waals surface area contributed by atoms with E-state index in [0.29, 0.717) is 23.4 Å². The van der Waals surface area contributed by atoms with Gasteiger partial charge in [-0.25, -0.2) is 0 Å². The van der Waals surface area contributed by atoms with Gasteiger partial charge in [-0.15, -0.1) is 0 Å². The first-order chi connectivity index (χ1) is 10.0. The quantitative estimate of drug-likeness (QED) is 0.841. The van der Waals surface area contributed by atoms with E-state index in [4.69, 9.17) is 11.6 Å². The zero-order chi connectivity index (χ0) is 15.4. The molecule has 0 aromatic heterocycles. The van der Waals surface area contributed by atoms with Crippen LogP contribution < -0.4 is 5.32 Å². The number of carbonyl (C=O) groups is 2. The second kappa shape index (κ2) is 6.94. The fourth-order valence-electron chi connectivity index (χ4n) is 2.88. The van der Waals surface area contributed by atoms with Crippen molar-refractivity contribution >= 4 is 23.5 Å². The second-order valence-electron chi connectivity index (χ2n) is 5.58. The van der Waals surface area contributed by atoms with Crippen molar-refractivity contribution in [1.82, 2.24) is 5.32 Å². The van der Waals surface area contributed by atoms with E-state index < -0.39 is 11.9 Å². The lowest BCUT2D eigenvalue weighted by molar-refractivity contribution is -0.142. The van der Waals surface area contributed by atoms with Crippen LogP contribution in [0.15, 0.2) is 18.2 Å². The van der Waals surface area contributed by atoms with Crippen LogP contribution in [0.1, 0.15) is 48.0 Å². The monoisotopic (exact) mass is 309 g/mol. The molecule has 1 saturated carbocycles. The SMILES string of the molecule is Cc1c(Cl)cccc1C(=O)N[C@H]1CCCCC[C@H]1C(=O)O. The van der Waals surface area contributed by atoms with Crippen molar-refractivity contribution in [2.75, 3.05) is 0 Å². The normalized spacial score (nSPS) is 22.4. The third-order valence-electron chi connectivity index (χ3n) is 4.16. The molecule has 0 spiro atoms. The number of carbonyl (C=O) groups excluding carboxylic acids is 1. The summed E-state index contributed by atoms with van der Waals surface area (Å²) in [6.45, 7) is 1.79. The number of carboxylic acid groups (broad SMARTS) is 1. The zero-order valence-corrected chi connectivity index (χ0v) is 12.8. The van der Waals surface area contributed by atoms with E-state index in [1.807, 2.05) is 0 Å². The van der Waals surface area contributed by atoms with Gasteiger partial charge >= 0.3 is 5.97 Å². The van der Waals surface area contributed by atoms with E-state index in [0.717, 1.165) is 24.8 Å². The molecule has 21 heavy (non-hydrogen) atoms. The van der Waals surface area contributed by atoms with Gasteiger partial charge in [0.1, 0.15) is 0 Å². The molecule has 1 aromatic carbocycles. The van der Waals surface area contributed by atoms with Gasteiger partial charge in [0, 0.05) is 16.6 Å². The maximum Gasteiger partial charge on any atom is 0.308 e. The first-order valence-corrected chi connectivity index (χ1v) is 7.67. The fraction of sp³-hybridized carbons (Fsp3) is 0.500. The summed E-state index contributed by atoms with van der Waals surface area (Å²) in [7, 11) is 0. The maximum absolute atomic E-state index is 12.4. The Kier molecular flexibility index (Phi) is 5.23. The molecule has 114 valence electrons. The third-order valence-corrected chi connectivity index (χ3v) is 4.57. The summed E-state index contributed by atoms with van der Waals surface area (Å²) in [5, 5.41) is 12.8. The zero-order valence-electron chi connectivity index (χ0n) is 12.1. The molecule has 0 bridgehead atoms. The van der Waals surface area contributed by atoms with Gasteiger partial charge in [-0.05, 0) is 37.5 Å². The Balaban J connectivity index is 2.16. The number of benzene rings is 1. The van der Waals surface area contributed by atoms with Gasteiger partial charge in [-0.2, -0.15) is 0 Å². The Morgan fingerprint density at radius 3 is 2.67 bits per heavy atom. The number of hydrogen-bond acceptors (Lipinski definition) is 2. The van der Waals surface area contributed by atoms with Crippen LogP contribution in [-0.4, -0.2) is 23.0 Å². The van der Waals surface area contributed by atoms with Crippen molar-refractivity contribution in [3.05, 3.63) is 34.3 Å². The lowest BCUT2D eigenvalue weighted by Crippen LogP contribution is -2.43. The van der Waals surface area contributed by atoms with Crippen LogP contribution in [0.25, 0.3) is 0 Å². The number of nitrogens with one attached hydrogen (secondary N) is 1. The Morgan fingerprint density at radius 2 is 1.95 bits per heavy atom. The first-order valence-electron chi connectivity index (χ1n) is 7.29. The molecule has 4 nitrogen and oxygen atoms in total. The van der Waals surface area contributed by atoms with Gasteiger partial charge in [0.25, 0.3) is 5.91 Å². The molecule has 2 N–H and O–H groups in total. The number of halogens is 1. The lowest BCUT2D eigenvalue weighted by Gasteiger charge is -2.23. The standard InChI is InChI=1S/C16H20ClNO3/c1-10-11(7-5-8-13(10)17)15(19)18-14-9-4-2-3-6-12(14)16(20)21/h5,7-8,12,14H,2-4,6,9H2,1H3,(H,18,19)(H,20,21)/t12-,14+/m1/s1. The van der Waals surface area contributed by atoms with E-state index >= 15 is 0 Å². The fourth-order valence-corrected chi connectivity index (χ4v) is 3.05. The molecule has 0 heterocycles. The van der Waals surface area contributed by atoms with Crippen LogP contribution >= 0.6 is 11.6 Å². The predicted molar refractivity (Wildman–Crippen MR) is 81.7 cm³/mol.